The number of Topliss-reactive ketones (excluding diaryl/α,β-unsaturated/α-hetero) is 1. The van der Waals surface area contributed by atoms with E-state index in [1.54, 1.807) is 13.8 Å². The highest BCUT2D eigenvalue weighted by atomic mass is 16.1. The first kappa shape index (κ1) is 11.5. The van der Waals surface area contributed by atoms with E-state index in [-0.39, 0.29) is 5.78 Å². The zero-order chi connectivity index (χ0) is 11.3. The highest BCUT2D eigenvalue weighted by Gasteiger charge is 2.26. The van der Waals surface area contributed by atoms with E-state index in [4.69, 9.17) is 6.57 Å². The number of hydrogen-bond donors (Lipinski definition) is 0. The highest BCUT2D eigenvalue weighted by Crippen LogP contribution is 2.15. The molecule has 1 aromatic rings. The molecule has 0 aromatic heterocycles. The number of carbonyl (C=O) groups excluding carboxylic acids is 1. The lowest BCUT2D eigenvalue weighted by Crippen LogP contribution is -2.20. The Hall–Kier alpha value is -1.62. The molecule has 0 aliphatic heterocycles. The molecule has 0 saturated carbocycles. The minimum absolute atomic E-state index is 0.127. The van der Waals surface area contributed by atoms with Gasteiger partial charge in [0.15, 0.2) is 0 Å². The lowest BCUT2D eigenvalue weighted by atomic mass is 9.95. The molecular formula is C13H15NO. The molecule has 0 radical (unpaired) electrons. The van der Waals surface area contributed by atoms with E-state index in [1.165, 1.54) is 0 Å². The summed E-state index contributed by atoms with van der Waals surface area (Å²) in [5.74, 6) is 0.127. The fraction of sp³-hybridized carbons (Fsp3) is 0.385. The quantitative estimate of drug-likeness (QED) is 0.686. The van der Waals surface area contributed by atoms with Gasteiger partial charge in [0.25, 0.3) is 0 Å². The van der Waals surface area contributed by atoms with Gasteiger partial charge in [0, 0.05) is 20.3 Å². The van der Waals surface area contributed by atoms with Crippen molar-refractivity contribution in [2.45, 2.75) is 32.2 Å². The van der Waals surface area contributed by atoms with Crippen molar-refractivity contribution in [1.82, 2.24) is 0 Å². The van der Waals surface area contributed by atoms with Crippen LogP contribution in [0, 0.1) is 6.57 Å². The summed E-state index contributed by atoms with van der Waals surface area (Å²) in [5.41, 5.74) is 0.453. The van der Waals surface area contributed by atoms with Crippen molar-refractivity contribution in [1.29, 1.82) is 0 Å². The Kier molecular flexibility index (Phi) is 3.62. The second-order valence-electron chi connectivity index (χ2n) is 4.30. The van der Waals surface area contributed by atoms with Crippen molar-refractivity contribution < 1.29 is 4.79 Å². The van der Waals surface area contributed by atoms with Crippen LogP contribution in [0.1, 0.15) is 25.8 Å². The van der Waals surface area contributed by atoms with E-state index in [1.807, 2.05) is 30.3 Å². The fourth-order valence-corrected chi connectivity index (χ4v) is 1.41. The van der Waals surface area contributed by atoms with Crippen molar-refractivity contribution >= 4 is 5.78 Å². The Morgan fingerprint density at radius 1 is 1.33 bits per heavy atom. The molecule has 15 heavy (non-hydrogen) atoms. The number of carbonyl (C=O) groups is 1. The van der Waals surface area contributed by atoms with Crippen molar-refractivity contribution in [2.75, 3.05) is 0 Å². The number of nitrogens with zero attached hydrogens (tertiary/aromatic N) is 1. The predicted octanol–water partition coefficient (Wildman–Crippen LogP) is 2.89. The number of hydrogen-bond acceptors (Lipinski definition) is 1. The molecule has 78 valence electrons. The van der Waals surface area contributed by atoms with Crippen LogP contribution in [0.4, 0.5) is 0 Å². The van der Waals surface area contributed by atoms with Crippen LogP contribution >= 0.6 is 0 Å². The number of benzene rings is 1. The van der Waals surface area contributed by atoms with E-state index in [0.29, 0.717) is 12.8 Å². The fourth-order valence-electron chi connectivity index (χ4n) is 1.41. The second kappa shape index (κ2) is 4.75. The zero-order valence-corrected chi connectivity index (χ0v) is 9.16. The molecule has 1 aromatic carbocycles. The van der Waals surface area contributed by atoms with E-state index in [0.717, 1.165) is 5.56 Å². The predicted molar refractivity (Wildman–Crippen MR) is 60.5 cm³/mol. The summed E-state index contributed by atoms with van der Waals surface area (Å²) in [7, 11) is 0. The van der Waals surface area contributed by atoms with E-state index in [9.17, 15) is 4.79 Å². The van der Waals surface area contributed by atoms with Gasteiger partial charge in [0.1, 0.15) is 5.78 Å². The average molecular weight is 201 g/mol. The minimum Gasteiger partial charge on any atom is -0.311 e. The molecule has 0 aliphatic carbocycles. The third-order valence-electron chi connectivity index (χ3n) is 2.18. The molecule has 0 aliphatic rings. The summed E-state index contributed by atoms with van der Waals surface area (Å²) >= 11 is 0. The highest BCUT2D eigenvalue weighted by molar-refractivity contribution is 5.82. The molecular weight excluding hydrogens is 186 g/mol. The Bertz CT molecular complexity index is 373. The molecule has 0 heterocycles. The van der Waals surface area contributed by atoms with Crippen LogP contribution in [0.5, 0.6) is 0 Å². The Labute approximate surface area is 90.8 Å². The zero-order valence-electron chi connectivity index (χ0n) is 9.16. The van der Waals surface area contributed by atoms with Crippen molar-refractivity contribution in [3.8, 4) is 0 Å². The van der Waals surface area contributed by atoms with Crippen molar-refractivity contribution in [2.24, 2.45) is 0 Å². The van der Waals surface area contributed by atoms with Gasteiger partial charge >= 0.3 is 0 Å². The standard InChI is InChI=1S/C13H15NO/c1-13(2,14-3)10-12(15)9-11-7-5-4-6-8-11/h4-8H,9-10H2,1-2H3. The van der Waals surface area contributed by atoms with Crippen LogP contribution in [0.3, 0.4) is 0 Å². The first-order chi connectivity index (χ1) is 7.03. The molecule has 0 bridgehead atoms. The van der Waals surface area contributed by atoms with Gasteiger partial charge in [-0.25, -0.2) is 6.57 Å². The topological polar surface area (TPSA) is 21.4 Å². The normalized spacial score (nSPS) is 10.7. The molecule has 1 rings (SSSR count). The summed E-state index contributed by atoms with van der Waals surface area (Å²) in [4.78, 5) is 15.1. The summed E-state index contributed by atoms with van der Waals surface area (Å²) in [6, 6.07) is 9.63. The monoisotopic (exact) mass is 201 g/mol. The summed E-state index contributed by atoms with van der Waals surface area (Å²) in [6.45, 7) is 10.5. The Morgan fingerprint density at radius 3 is 2.47 bits per heavy atom. The van der Waals surface area contributed by atoms with Crippen LogP contribution in [-0.2, 0) is 11.2 Å². The van der Waals surface area contributed by atoms with Crippen LogP contribution in [0.25, 0.3) is 4.85 Å². The lowest BCUT2D eigenvalue weighted by molar-refractivity contribution is -0.119. The largest absolute Gasteiger partial charge is 0.311 e. The van der Waals surface area contributed by atoms with Gasteiger partial charge in [0.05, 0.1) is 6.42 Å². The summed E-state index contributed by atoms with van der Waals surface area (Å²) in [6.07, 6.45) is 0.755. The molecule has 0 unspecified atom stereocenters. The van der Waals surface area contributed by atoms with Gasteiger partial charge in [-0.2, -0.15) is 0 Å². The SMILES string of the molecule is [C-]#[N+]C(C)(C)CC(=O)Cc1ccccc1. The van der Waals surface area contributed by atoms with Crippen molar-refractivity contribution in [3.05, 3.63) is 47.3 Å². The summed E-state index contributed by atoms with van der Waals surface area (Å²) in [5, 5.41) is 0. The van der Waals surface area contributed by atoms with Gasteiger partial charge in [-0.05, 0) is 5.56 Å². The van der Waals surface area contributed by atoms with Gasteiger partial charge in [-0.15, -0.1) is 0 Å². The Morgan fingerprint density at radius 2 is 1.93 bits per heavy atom. The molecule has 2 heteroatoms. The molecule has 0 fully saturated rings. The number of ketones is 1. The van der Waals surface area contributed by atoms with Gasteiger partial charge in [0.2, 0.25) is 5.54 Å². The molecule has 0 amide bonds. The van der Waals surface area contributed by atoms with Crippen LogP contribution in [-0.4, -0.2) is 11.3 Å². The Balaban J connectivity index is 2.55. The maximum absolute atomic E-state index is 11.6. The average Bonchev–Trinajstić information content (AvgIpc) is 2.18. The van der Waals surface area contributed by atoms with Crippen LogP contribution in [0.2, 0.25) is 0 Å². The first-order valence-electron chi connectivity index (χ1n) is 4.98. The molecule has 0 N–H and O–H groups in total. The van der Waals surface area contributed by atoms with E-state index in [2.05, 4.69) is 4.85 Å². The third kappa shape index (κ3) is 3.95. The van der Waals surface area contributed by atoms with Crippen molar-refractivity contribution in [3.63, 3.8) is 0 Å². The van der Waals surface area contributed by atoms with Gasteiger partial charge in [-0.1, -0.05) is 30.3 Å². The molecule has 2 nitrogen and oxygen atoms in total. The minimum atomic E-state index is -0.564. The smallest absolute Gasteiger partial charge is 0.234 e. The van der Waals surface area contributed by atoms with Crippen LogP contribution < -0.4 is 0 Å². The maximum atomic E-state index is 11.6. The van der Waals surface area contributed by atoms with Crippen LogP contribution in [0.15, 0.2) is 30.3 Å². The summed E-state index contributed by atoms with van der Waals surface area (Å²) < 4.78 is 0. The first-order valence-corrected chi connectivity index (χ1v) is 4.98. The second-order valence-corrected chi connectivity index (χ2v) is 4.30. The number of rotatable bonds is 4. The molecule has 0 atom stereocenters. The molecule has 0 spiro atoms. The maximum Gasteiger partial charge on any atom is 0.234 e. The third-order valence-corrected chi connectivity index (χ3v) is 2.18. The van der Waals surface area contributed by atoms with Gasteiger partial charge in [-0.3, -0.25) is 4.79 Å². The van der Waals surface area contributed by atoms with E-state index < -0.39 is 5.54 Å². The molecule has 0 saturated heterocycles. The van der Waals surface area contributed by atoms with Gasteiger partial charge < -0.3 is 4.85 Å². The lowest BCUT2D eigenvalue weighted by Gasteiger charge is -2.09. The van der Waals surface area contributed by atoms with E-state index >= 15 is 0 Å².